The zero-order chi connectivity index (χ0) is 19.5. The Morgan fingerprint density at radius 3 is 2.68 bits per heavy atom. The minimum atomic E-state index is -0.297. The predicted octanol–water partition coefficient (Wildman–Crippen LogP) is 3.48. The van der Waals surface area contributed by atoms with Gasteiger partial charge >= 0.3 is 0 Å². The maximum Gasteiger partial charge on any atom is 0.269 e. The summed E-state index contributed by atoms with van der Waals surface area (Å²) in [5.41, 5.74) is 14.3. The maximum absolute atomic E-state index is 12.2. The highest BCUT2D eigenvalue weighted by molar-refractivity contribution is 7.22. The van der Waals surface area contributed by atoms with Crippen molar-refractivity contribution in [3.63, 3.8) is 0 Å². The number of benzene rings is 2. The van der Waals surface area contributed by atoms with Gasteiger partial charge in [-0.2, -0.15) is 0 Å². The zero-order valence-corrected chi connectivity index (χ0v) is 15.7. The van der Waals surface area contributed by atoms with Crippen LogP contribution in [0.25, 0.3) is 10.2 Å². The van der Waals surface area contributed by atoms with Crippen LogP contribution in [0.15, 0.2) is 54.9 Å². The highest BCUT2D eigenvalue weighted by atomic mass is 32.1. The van der Waals surface area contributed by atoms with Gasteiger partial charge in [0.1, 0.15) is 12.0 Å². The first-order valence-electron chi connectivity index (χ1n) is 8.46. The molecule has 0 radical (unpaired) electrons. The molecule has 0 aliphatic carbocycles. The Morgan fingerprint density at radius 2 is 1.86 bits per heavy atom. The van der Waals surface area contributed by atoms with Gasteiger partial charge in [-0.1, -0.05) is 35.6 Å². The Kier molecular flexibility index (Phi) is 4.73. The van der Waals surface area contributed by atoms with E-state index in [9.17, 15) is 4.79 Å². The Labute approximate surface area is 164 Å². The number of nitrogen functional groups attached to an aromatic ring is 1. The van der Waals surface area contributed by atoms with Gasteiger partial charge in [0.2, 0.25) is 0 Å². The van der Waals surface area contributed by atoms with E-state index in [0.717, 1.165) is 10.2 Å². The average Bonchev–Trinajstić information content (AvgIpc) is 3.10. The number of nitrogens with two attached hydrogens (primary N) is 1. The summed E-state index contributed by atoms with van der Waals surface area (Å²) >= 11 is 1.51. The molecule has 0 unspecified atom stereocenters. The zero-order valence-electron chi connectivity index (χ0n) is 14.9. The lowest BCUT2D eigenvalue weighted by Crippen LogP contribution is -2.30. The van der Waals surface area contributed by atoms with Crippen molar-refractivity contribution in [3.8, 4) is 0 Å². The van der Waals surface area contributed by atoms with Gasteiger partial charge in [-0.3, -0.25) is 15.6 Å². The number of carbonyl (C=O) groups is 1. The average molecular weight is 391 g/mol. The predicted molar refractivity (Wildman–Crippen MR) is 112 cm³/mol. The number of anilines is 4. The quantitative estimate of drug-likeness (QED) is 0.385. The molecular weight excluding hydrogens is 374 g/mol. The molecular formula is C19H17N7OS. The van der Waals surface area contributed by atoms with E-state index in [1.54, 1.807) is 24.3 Å². The molecule has 1 amide bonds. The van der Waals surface area contributed by atoms with E-state index in [-0.39, 0.29) is 11.6 Å². The van der Waals surface area contributed by atoms with Crippen LogP contribution in [0.4, 0.5) is 22.5 Å². The van der Waals surface area contributed by atoms with Crippen molar-refractivity contribution < 1.29 is 4.79 Å². The lowest BCUT2D eigenvalue weighted by Gasteiger charge is -2.12. The van der Waals surface area contributed by atoms with E-state index in [1.165, 1.54) is 23.2 Å². The van der Waals surface area contributed by atoms with Gasteiger partial charge in [0.15, 0.2) is 16.8 Å². The van der Waals surface area contributed by atoms with Gasteiger partial charge in [0, 0.05) is 5.56 Å². The molecule has 0 bridgehead atoms. The molecule has 28 heavy (non-hydrogen) atoms. The molecule has 0 aliphatic heterocycles. The maximum atomic E-state index is 12.2. The number of thiazole rings is 1. The SMILES string of the molecule is Cc1ccc2nc(Nc3ncnc(NNC(=O)c4ccccc4)c3N)sc2c1. The first-order chi connectivity index (χ1) is 13.6. The number of rotatable bonds is 5. The smallest absolute Gasteiger partial charge is 0.269 e. The fraction of sp³-hybridized carbons (Fsp3) is 0.0526. The number of carbonyl (C=O) groups excluding carboxylic acids is 1. The fourth-order valence-corrected chi connectivity index (χ4v) is 3.52. The number of fused-ring (bicyclic) bond motifs is 1. The molecule has 0 spiro atoms. The number of hydrogen-bond donors (Lipinski definition) is 4. The highest BCUT2D eigenvalue weighted by Gasteiger charge is 2.12. The Morgan fingerprint density at radius 1 is 1.07 bits per heavy atom. The van der Waals surface area contributed by atoms with Crippen LogP contribution >= 0.6 is 11.3 Å². The van der Waals surface area contributed by atoms with Crippen LogP contribution in [0.1, 0.15) is 15.9 Å². The van der Waals surface area contributed by atoms with Gasteiger partial charge in [0.05, 0.1) is 10.2 Å². The van der Waals surface area contributed by atoms with Crippen LogP contribution in [0.5, 0.6) is 0 Å². The molecule has 0 aliphatic rings. The summed E-state index contributed by atoms with van der Waals surface area (Å²) in [6, 6.07) is 14.9. The molecule has 0 saturated carbocycles. The van der Waals surface area contributed by atoms with E-state index in [4.69, 9.17) is 5.73 Å². The van der Waals surface area contributed by atoms with Crippen molar-refractivity contribution >= 4 is 49.9 Å². The van der Waals surface area contributed by atoms with Gasteiger partial charge in [0.25, 0.3) is 5.91 Å². The second kappa shape index (κ2) is 7.49. The minimum absolute atomic E-state index is 0.270. The molecule has 9 heteroatoms. The standard InChI is InChI=1S/C19H17N7OS/c1-11-7-8-13-14(9-11)28-19(23-13)24-16-15(20)17(22-10-21-16)25-26-18(27)12-5-3-2-4-6-12/h2-10H,20H2,1H3,(H,26,27)(H2,21,22,23,24,25). The van der Waals surface area contributed by atoms with Gasteiger partial charge in [-0.05, 0) is 36.8 Å². The first-order valence-corrected chi connectivity index (χ1v) is 9.28. The number of nitrogens with one attached hydrogen (secondary N) is 3. The number of aryl methyl sites for hydroxylation is 1. The van der Waals surface area contributed by atoms with Crippen molar-refractivity contribution in [2.45, 2.75) is 6.92 Å². The number of nitrogens with zero attached hydrogens (tertiary/aromatic N) is 3. The molecule has 2 heterocycles. The van der Waals surface area contributed by atoms with E-state index >= 15 is 0 Å². The summed E-state index contributed by atoms with van der Waals surface area (Å²) in [6.45, 7) is 2.04. The lowest BCUT2D eigenvalue weighted by molar-refractivity contribution is 0.0962. The van der Waals surface area contributed by atoms with Crippen LogP contribution in [0.3, 0.4) is 0 Å². The molecule has 0 fully saturated rings. The number of amides is 1. The van der Waals surface area contributed by atoms with Gasteiger partial charge in [-0.25, -0.2) is 15.0 Å². The molecule has 2 aromatic carbocycles. The number of hydrogen-bond acceptors (Lipinski definition) is 8. The van der Waals surface area contributed by atoms with E-state index in [0.29, 0.717) is 22.3 Å². The molecule has 4 rings (SSSR count). The largest absolute Gasteiger partial charge is 0.393 e. The summed E-state index contributed by atoms with van der Waals surface area (Å²) in [5, 5.41) is 3.79. The fourth-order valence-electron chi connectivity index (χ4n) is 2.56. The van der Waals surface area contributed by atoms with Crippen molar-refractivity contribution in [3.05, 3.63) is 66.0 Å². The molecule has 0 atom stereocenters. The van der Waals surface area contributed by atoms with Crippen molar-refractivity contribution in [1.29, 1.82) is 0 Å². The number of hydrazine groups is 1. The highest BCUT2D eigenvalue weighted by Crippen LogP contribution is 2.31. The van der Waals surface area contributed by atoms with E-state index in [2.05, 4.69) is 37.2 Å². The summed E-state index contributed by atoms with van der Waals surface area (Å²) < 4.78 is 1.07. The number of aromatic nitrogens is 3. The summed E-state index contributed by atoms with van der Waals surface area (Å²) in [4.78, 5) is 24.9. The summed E-state index contributed by atoms with van der Waals surface area (Å²) in [7, 11) is 0. The molecule has 2 aromatic heterocycles. The van der Waals surface area contributed by atoms with Crippen molar-refractivity contribution in [1.82, 2.24) is 20.4 Å². The topological polar surface area (TPSA) is 118 Å². The Bertz CT molecular complexity index is 1140. The van der Waals surface area contributed by atoms with Crippen molar-refractivity contribution in [2.75, 3.05) is 16.5 Å². The normalized spacial score (nSPS) is 10.6. The molecule has 4 aromatic rings. The van der Waals surface area contributed by atoms with Crippen molar-refractivity contribution in [2.24, 2.45) is 0 Å². The summed E-state index contributed by atoms with van der Waals surface area (Å²) in [5.74, 6) is 0.399. The lowest BCUT2D eigenvalue weighted by atomic mass is 10.2. The molecule has 140 valence electrons. The van der Waals surface area contributed by atoms with Crippen LogP contribution < -0.4 is 21.9 Å². The second-order valence-corrected chi connectivity index (χ2v) is 7.08. The third-order valence-electron chi connectivity index (χ3n) is 3.98. The van der Waals surface area contributed by atoms with Gasteiger partial charge in [-0.15, -0.1) is 0 Å². The molecule has 5 N–H and O–H groups in total. The van der Waals surface area contributed by atoms with Crippen LogP contribution in [0, 0.1) is 6.92 Å². The minimum Gasteiger partial charge on any atom is -0.393 e. The first kappa shape index (κ1) is 17.7. The Balaban J connectivity index is 1.50. The van der Waals surface area contributed by atoms with Gasteiger partial charge < -0.3 is 11.1 Å². The van der Waals surface area contributed by atoms with Crippen LogP contribution in [-0.4, -0.2) is 20.9 Å². The third-order valence-corrected chi connectivity index (χ3v) is 4.92. The molecule has 8 nitrogen and oxygen atoms in total. The van der Waals surface area contributed by atoms with Crippen LogP contribution in [0.2, 0.25) is 0 Å². The molecule has 0 saturated heterocycles. The summed E-state index contributed by atoms with van der Waals surface area (Å²) in [6.07, 6.45) is 1.35. The van der Waals surface area contributed by atoms with E-state index < -0.39 is 0 Å². The Hall–Kier alpha value is -3.72. The monoisotopic (exact) mass is 391 g/mol. The van der Waals surface area contributed by atoms with E-state index in [1.807, 2.05) is 25.1 Å². The van der Waals surface area contributed by atoms with Crippen LogP contribution in [-0.2, 0) is 0 Å². The third kappa shape index (κ3) is 3.69. The second-order valence-electron chi connectivity index (χ2n) is 6.04.